The number of nitrogens with zero attached hydrogens (tertiary/aromatic N) is 4. The molecule has 1 saturated heterocycles. The number of benzene rings is 1. The molecule has 1 N–H and O–H groups in total. The molecule has 0 atom stereocenters. The molecule has 1 aromatic carbocycles. The van der Waals surface area contributed by atoms with E-state index in [1.54, 1.807) is 7.11 Å². The standard InChI is InChI=1S/C20H28N4O2/c1-26-20-9-3-2-6-17(20)7-4-12-23-13-10-19(11-14-23)24-16-18(21-22-24)8-5-15-25/h2-4,6-7,9,16,19,25H,5,8,10-15H2,1H3. The average molecular weight is 356 g/mol. The van der Waals surface area contributed by atoms with Crippen LogP contribution in [0.2, 0.25) is 0 Å². The quantitative estimate of drug-likeness (QED) is 0.788. The Bertz CT molecular complexity index is 705. The lowest BCUT2D eigenvalue weighted by molar-refractivity contribution is 0.194. The SMILES string of the molecule is COc1ccccc1C=CCN1CCC(n2cc(CCCO)nn2)CC1. The molecule has 0 amide bonds. The van der Waals surface area contributed by atoms with Gasteiger partial charge in [-0.25, -0.2) is 4.68 Å². The molecule has 2 aromatic rings. The predicted molar refractivity (Wildman–Crippen MR) is 102 cm³/mol. The summed E-state index contributed by atoms with van der Waals surface area (Å²) in [7, 11) is 1.71. The monoisotopic (exact) mass is 356 g/mol. The van der Waals surface area contributed by atoms with Crippen molar-refractivity contribution in [3.8, 4) is 5.75 Å². The first-order chi connectivity index (χ1) is 12.8. The first kappa shape index (κ1) is 18.6. The van der Waals surface area contributed by atoms with Gasteiger partial charge in [0.05, 0.1) is 18.8 Å². The highest BCUT2D eigenvalue weighted by Crippen LogP contribution is 2.22. The van der Waals surface area contributed by atoms with Gasteiger partial charge < -0.3 is 9.84 Å². The third kappa shape index (κ3) is 4.93. The summed E-state index contributed by atoms with van der Waals surface area (Å²) < 4.78 is 7.39. The van der Waals surface area contributed by atoms with Gasteiger partial charge in [-0.3, -0.25) is 4.90 Å². The molecule has 6 heteroatoms. The van der Waals surface area contributed by atoms with Crippen molar-refractivity contribution < 1.29 is 9.84 Å². The smallest absolute Gasteiger partial charge is 0.126 e. The maximum absolute atomic E-state index is 8.91. The minimum absolute atomic E-state index is 0.202. The first-order valence-electron chi connectivity index (χ1n) is 9.33. The van der Waals surface area contributed by atoms with Crippen LogP contribution in [0, 0.1) is 0 Å². The molecule has 0 aliphatic carbocycles. The Kier molecular flexibility index (Phi) is 6.80. The highest BCUT2D eigenvalue weighted by atomic mass is 16.5. The number of ether oxygens (including phenoxy) is 1. The van der Waals surface area contributed by atoms with Crippen molar-refractivity contribution >= 4 is 6.08 Å². The third-order valence-electron chi connectivity index (χ3n) is 4.88. The van der Waals surface area contributed by atoms with E-state index in [0.29, 0.717) is 6.04 Å². The number of likely N-dealkylation sites (tertiary alicyclic amines) is 1. The van der Waals surface area contributed by atoms with Crippen molar-refractivity contribution in [3.63, 3.8) is 0 Å². The van der Waals surface area contributed by atoms with Gasteiger partial charge in [0, 0.05) is 38.0 Å². The van der Waals surface area contributed by atoms with Gasteiger partial charge in [-0.1, -0.05) is 35.6 Å². The molecule has 1 fully saturated rings. The summed E-state index contributed by atoms with van der Waals surface area (Å²) in [5.74, 6) is 0.908. The summed E-state index contributed by atoms with van der Waals surface area (Å²) in [6.45, 7) is 3.27. The molecule has 3 rings (SSSR count). The second-order valence-electron chi connectivity index (χ2n) is 6.69. The summed E-state index contributed by atoms with van der Waals surface area (Å²) in [5.41, 5.74) is 2.09. The normalized spacial score (nSPS) is 16.4. The van der Waals surface area contributed by atoms with Gasteiger partial charge in [0.15, 0.2) is 0 Å². The minimum Gasteiger partial charge on any atom is -0.496 e. The first-order valence-corrected chi connectivity index (χ1v) is 9.33. The zero-order valence-corrected chi connectivity index (χ0v) is 15.4. The highest BCUT2D eigenvalue weighted by molar-refractivity contribution is 5.57. The molecule has 26 heavy (non-hydrogen) atoms. The largest absolute Gasteiger partial charge is 0.496 e. The van der Waals surface area contributed by atoms with Crippen LogP contribution in [0.3, 0.4) is 0 Å². The van der Waals surface area contributed by atoms with E-state index in [2.05, 4.69) is 33.4 Å². The topological polar surface area (TPSA) is 63.4 Å². The molecule has 0 saturated carbocycles. The number of aliphatic hydroxyl groups is 1. The summed E-state index contributed by atoms with van der Waals surface area (Å²) >= 11 is 0. The molecule has 0 radical (unpaired) electrons. The molecule has 6 nitrogen and oxygen atoms in total. The number of para-hydroxylation sites is 1. The molecular weight excluding hydrogens is 328 g/mol. The number of rotatable bonds is 8. The second-order valence-corrected chi connectivity index (χ2v) is 6.69. The van der Waals surface area contributed by atoms with E-state index in [1.807, 2.05) is 29.1 Å². The molecule has 1 aromatic heterocycles. The fourth-order valence-electron chi connectivity index (χ4n) is 3.37. The van der Waals surface area contributed by atoms with Gasteiger partial charge in [0.2, 0.25) is 0 Å². The lowest BCUT2D eigenvalue weighted by atomic mass is 10.1. The van der Waals surface area contributed by atoms with Gasteiger partial charge in [-0.05, 0) is 31.7 Å². The lowest BCUT2D eigenvalue weighted by Gasteiger charge is -2.30. The Morgan fingerprint density at radius 1 is 1.27 bits per heavy atom. The van der Waals surface area contributed by atoms with E-state index >= 15 is 0 Å². The van der Waals surface area contributed by atoms with E-state index in [0.717, 1.165) is 62.3 Å². The summed E-state index contributed by atoms with van der Waals surface area (Å²) in [5, 5.41) is 17.4. The molecular formula is C20H28N4O2. The third-order valence-corrected chi connectivity index (χ3v) is 4.88. The molecule has 0 bridgehead atoms. The average Bonchev–Trinajstić information content (AvgIpc) is 3.16. The van der Waals surface area contributed by atoms with Crippen molar-refractivity contribution in [3.05, 3.63) is 47.8 Å². The lowest BCUT2D eigenvalue weighted by Crippen LogP contribution is -2.34. The van der Waals surface area contributed by atoms with Crippen molar-refractivity contribution in [2.75, 3.05) is 33.4 Å². The van der Waals surface area contributed by atoms with Gasteiger partial charge >= 0.3 is 0 Å². The van der Waals surface area contributed by atoms with Gasteiger partial charge in [0.1, 0.15) is 5.75 Å². The van der Waals surface area contributed by atoms with Crippen LogP contribution in [0.5, 0.6) is 5.75 Å². The molecule has 1 aliphatic heterocycles. The Balaban J connectivity index is 1.46. The van der Waals surface area contributed by atoms with Crippen LogP contribution in [-0.2, 0) is 6.42 Å². The van der Waals surface area contributed by atoms with Crippen molar-refractivity contribution in [2.24, 2.45) is 0 Å². The number of aromatic nitrogens is 3. The Morgan fingerprint density at radius 3 is 2.85 bits per heavy atom. The molecule has 2 heterocycles. The van der Waals surface area contributed by atoms with Crippen LogP contribution in [0.4, 0.5) is 0 Å². The Hall–Kier alpha value is -2.18. The number of aliphatic hydroxyl groups excluding tert-OH is 1. The predicted octanol–water partition coefficient (Wildman–Crippen LogP) is 2.56. The zero-order valence-electron chi connectivity index (χ0n) is 15.4. The number of piperidine rings is 1. The number of aryl methyl sites for hydroxylation is 1. The van der Waals surface area contributed by atoms with Crippen LogP contribution in [-0.4, -0.2) is 58.4 Å². The summed E-state index contributed by atoms with van der Waals surface area (Å²) in [6.07, 6.45) is 10.1. The maximum atomic E-state index is 8.91. The molecule has 140 valence electrons. The molecule has 1 aliphatic rings. The second kappa shape index (κ2) is 9.50. The van der Waals surface area contributed by atoms with Crippen molar-refractivity contribution in [1.29, 1.82) is 0 Å². The Labute approximate surface area is 155 Å². The van der Waals surface area contributed by atoms with E-state index in [-0.39, 0.29) is 6.61 Å². The van der Waals surface area contributed by atoms with Crippen LogP contribution in [0.25, 0.3) is 6.08 Å². The number of methoxy groups -OCH3 is 1. The van der Waals surface area contributed by atoms with Crippen molar-refractivity contribution in [2.45, 2.75) is 31.7 Å². The molecule has 0 spiro atoms. The van der Waals surface area contributed by atoms with E-state index < -0.39 is 0 Å². The van der Waals surface area contributed by atoms with Crippen molar-refractivity contribution in [1.82, 2.24) is 19.9 Å². The van der Waals surface area contributed by atoms with Crippen LogP contribution < -0.4 is 4.74 Å². The van der Waals surface area contributed by atoms with E-state index in [1.165, 1.54) is 0 Å². The van der Waals surface area contributed by atoms with Gasteiger partial charge in [0.25, 0.3) is 0 Å². The van der Waals surface area contributed by atoms with E-state index in [4.69, 9.17) is 9.84 Å². The van der Waals surface area contributed by atoms with Crippen LogP contribution >= 0.6 is 0 Å². The number of hydrogen-bond donors (Lipinski definition) is 1. The fraction of sp³-hybridized carbons (Fsp3) is 0.500. The highest BCUT2D eigenvalue weighted by Gasteiger charge is 2.20. The maximum Gasteiger partial charge on any atom is 0.126 e. The Morgan fingerprint density at radius 2 is 2.08 bits per heavy atom. The minimum atomic E-state index is 0.202. The van der Waals surface area contributed by atoms with Gasteiger partial charge in [-0.2, -0.15) is 0 Å². The summed E-state index contributed by atoms with van der Waals surface area (Å²) in [6, 6.07) is 8.50. The van der Waals surface area contributed by atoms with E-state index in [9.17, 15) is 0 Å². The van der Waals surface area contributed by atoms with Crippen LogP contribution in [0.15, 0.2) is 36.5 Å². The zero-order chi connectivity index (χ0) is 18.2. The fourth-order valence-corrected chi connectivity index (χ4v) is 3.37. The molecule has 0 unspecified atom stereocenters. The number of hydrogen-bond acceptors (Lipinski definition) is 5. The van der Waals surface area contributed by atoms with Gasteiger partial charge in [-0.15, -0.1) is 5.10 Å². The summed E-state index contributed by atoms with van der Waals surface area (Å²) in [4.78, 5) is 2.46. The van der Waals surface area contributed by atoms with Crippen LogP contribution in [0.1, 0.15) is 36.6 Å².